The molecule has 1 aromatic carbocycles. The first-order valence-corrected chi connectivity index (χ1v) is 9.20. The summed E-state index contributed by atoms with van der Waals surface area (Å²) >= 11 is 1.23. The van der Waals surface area contributed by atoms with Gasteiger partial charge >= 0.3 is 0 Å². The lowest BCUT2D eigenvalue weighted by Gasteiger charge is -2.11. The van der Waals surface area contributed by atoms with E-state index in [1.807, 2.05) is 20.8 Å². The molecule has 0 spiro atoms. The Morgan fingerprint density at radius 3 is 2.60 bits per heavy atom. The van der Waals surface area contributed by atoms with Crippen LogP contribution in [-0.2, 0) is 9.59 Å². The number of rotatable bonds is 7. The Hall–Kier alpha value is -2.28. The molecule has 134 valence electrons. The molecule has 6 nitrogen and oxygen atoms in total. The Balaban J connectivity index is 2.02. The standard InChI is InChI=1S/C18H23N3O3S/c1-4-11-24-14-9-7-13(8-10-14)20-16(22)12-15-17(23)21(6-3)18(25-15)19-5-2/h7-10,12H,4-6,11H2,1-3H3,(H,20,22)/b15-12-,19-18?. The SMILES string of the molecule is CCCOc1ccc(NC(=O)/C=C2\SC(=NCC)N(CC)C2=O)cc1. The van der Waals surface area contributed by atoms with Crippen molar-refractivity contribution in [1.29, 1.82) is 0 Å². The Bertz CT molecular complexity index is 683. The third-order valence-electron chi connectivity index (χ3n) is 3.35. The molecule has 1 saturated heterocycles. The molecule has 1 N–H and O–H groups in total. The fraction of sp³-hybridized carbons (Fsp3) is 0.389. The fourth-order valence-electron chi connectivity index (χ4n) is 2.19. The van der Waals surface area contributed by atoms with Gasteiger partial charge in [-0.1, -0.05) is 6.92 Å². The minimum absolute atomic E-state index is 0.182. The first-order chi connectivity index (χ1) is 12.1. The number of amidine groups is 1. The highest BCUT2D eigenvalue weighted by atomic mass is 32.2. The normalized spacial score (nSPS) is 17.4. The van der Waals surface area contributed by atoms with Gasteiger partial charge in [-0.2, -0.15) is 0 Å². The van der Waals surface area contributed by atoms with Crippen LogP contribution in [0.15, 0.2) is 40.2 Å². The quantitative estimate of drug-likeness (QED) is 0.757. The van der Waals surface area contributed by atoms with Crippen molar-refractivity contribution in [3.63, 3.8) is 0 Å². The third kappa shape index (κ3) is 5.09. The molecule has 2 amide bonds. The lowest BCUT2D eigenvalue weighted by atomic mass is 10.3. The lowest BCUT2D eigenvalue weighted by molar-refractivity contribution is -0.122. The zero-order chi connectivity index (χ0) is 18.2. The largest absolute Gasteiger partial charge is 0.494 e. The number of benzene rings is 1. The van der Waals surface area contributed by atoms with E-state index in [0.717, 1.165) is 12.2 Å². The van der Waals surface area contributed by atoms with Crippen molar-refractivity contribution in [1.82, 2.24) is 4.90 Å². The van der Waals surface area contributed by atoms with Crippen LogP contribution in [0.1, 0.15) is 27.2 Å². The first-order valence-electron chi connectivity index (χ1n) is 8.38. The molecule has 1 heterocycles. The smallest absolute Gasteiger partial charge is 0.266 e. The molecular formula is C18H23N3O3S. The van der Waals surface area contributed by atoms with Crippen molar-refractivity contribution in [2.75, 3.05) is 25.0 Å². The van der Waals surface area contributed by atoms with E-state index in [4.69, 9.17) is 4.74 Å². The summed E-state index contributed by atoms with van der Waals surface area (Å²) in [6.45, 7) is 7.62. The molecule has 7 heteroatoms. The van der Waals surface area contributed by atoms with Crippen molar-refractivity contribution in [3.8, 4) is 5.75 Å². The maximum absolute atomic E-state index is 12.3. The highest BCUT2D eigenvalue weighted by molar-refractivity contribution is 8.18. The number of ether oxygens (including phenoxy) is 1. The number of hydrogen-bond acceptors (Lipinski definition) is 5. The molecule has 0 atom stereocenters. The molecule has 0 unspecified atom stereocenters. The number of nitrogens with zero attached hydrogens (tertiary/aromatic N) is 2. The number of likely N-dealkylation sites (N-methyl/N-ethyl adjacent to an activating group) is 1. The number of anilines is 1. The number of aliphatic imine (C=N–C) groups is 1. The summed E-state index contributed by atoms with van der Waals surface area (Å²) in [6, 6.07) is 7.15. The number of thioether (sulfide) groups is 1. The summed E-state index contributed by atoms with van der Waals surface area (Å²) in [5.41, 5.74) is 0.649. The summed E-state index contributed by atoms with van der Waals surface area (Å²) in [5.74, 6) is 0.240. The molecule has 0 aromatic heterocycles. The van der Waals surface area contributed by atoms with Crippen LogP contribution in [0.4, 0.5) is 5.69 Å². The second kappa shape index (κ2) is 9.27. The second-order valence-corrected chi connectivity index (χ2v) is 6.29. The lowest BCUT2D eigenvalue weighted by Crippen LogP contribution is -2.29. The molecule has 2 rings (SSSR count). The number of amides is 2. The van der Waals surface area contributed by atoms with Gasteiger partial charge in [0, 0.05) is 24.9 Å². The van der Waals surface area contributed by atoms with E-state index in [2.05, 4.69) is 10.3 Å². The Kier molecular flexibility index (Phi) is 7.06. The maximum atomic E-state index is 12.3. The van der Waals surface area contributed by atoms with Crippen LogP contribution in [0.2, 0.25) is 0 Å². The van der Waals surface area contributed by atoms with E-state index in [9.17, 15) is 9.59 Å². The van der Waals surface area contributed by atoms with E-state index in [0.29, 0.717) is 35.5 Å². The topological polar surface area (TPSA) is 71.0 Å². The van der Waals surface area contributed by atoms with Crippen molar-refractivity contribution >= 4 is 34.4 Å². The van der Waals surface area contributed by atoms with Crippen LogP contribution < -0.4 is 10.1 Å². The molecule has 0 aliphatic carbocycles. The van der Waals surface area contributed by atoms with Crippen molar-refractivity contribution in [2.24, 2.45) is 4.99 Å². The third-order valence-corrected chi connectivity index (χ3v) is 4.40. The van der Waals surface area contributed by atoms with Gasteiger partial charge in [-0.15, -0.1) is 0 Å². The highest BCUT2D eigenvalue weighted by Crippen LogP contribution is 2.30. The zero-order valence-corrected chi connectivity index (χ0v) is 15.6. The van der Waals surface area contributed by atoms with Crippen molar-refractivity contribution in [3.05, 3.63) is 35.2 Å². The molecule has 1 aliphatic heterocycles. The van der Waals surface area contributed by atoms with Gasteiger partial charge in [0.05, 0.1) is 11.5 Å². The molecule has 1 aromatic rings. The Morgan fingerprint density at radius 1 is 1.28 bits per heavy atom. The van der Waals surface area contributed by atoms with Crippen molar-refractivity contribution in [2.45, 2.75) is 27.2 Å². The minimum Gasteiger partial charge on any atom is -0.494 e. The van der Waals surface area contributed by atoms with E-state index in [1.165, 1.54) is 17.8 Å². The fourth-order valence-corrected chi connectivity index (χ4v) is 3.27. The summed E-state index contributed by atoms with van der Waals surface area (Å²) < 4.78 is 5.50. The van der Waals surface area contributed by atoms with Crippen LogP contribution in [0.3, 0.4) is 0 Å². The molecule has 1 fully saturated rings. The van der Waals surface area contributed by atoms with Gasteiger partial charge in [-0.25, -0.2) is 0 Å². The molecule has 0 saturated carbocycles. The highest BCUT2D eigenvalue weighted by Gasteiger charge is 2.32. The van der Waals surface area contributed by atoms with Crippen LogP contribution in [0.25, 0.3) is 0 Å². The van der Waals surface area contributed by atoms with Crippen LogP contribution in [0.5, 0.6) is 5.75 Å². The number of carbonyl (C=O) groups excluding carboxylic acids is 2. The van der Waals surface area contributed by atoms with Gasteiger partial charge in [0.1, 0.15) is 5.75 Å². The summed E-state index contributed by atoms with van der Waals surface area (Å²) in [4.78, 5) is 30.8. The molecule has 0 radical (unpaired) electrons. The Morgan fingerprint density at radius 2 is 2.00 bits per heavy atom. The predicted molar refractivity (Wildman–Crippen MR) is 102 cm³/mol. The molecule has 25 heavy (non-hydrogen) atoms. The van der Waals surface area contributed by atoms with E-state index in [-0.39, 0.29) is 11.8 Å². The van der Waals surface area contributed by atoms with Gasteiger partial charge in [-0.05, 0) is 56.3 Å². The number of carbonyl (C=O) groups is 2. The Labute approximate surface area is 152 Å². The van der Waals surface area contributed by atoms with Gasteiger partial charge in [0.2, 0.25) is 5.91 Å². The average molecular weight is 361 g/mol. The van der Waals surface area contributed by atoms with E-state index < -0.39 is 0 Å². The predicted octanol–water partition coefficient (Wildman–Crippen LogP) is 3.27. The van der Waals surface area contributed by atoms with Crippen LogP contribution in [0, 0.1) is 0 Å². The van der Waals surface area contributed by atoms with Crippen LogP contribution >= 0.6 is 11.8 Å². The zero-order valence-electron chi connectivity index (χ0n) is 14.7. The maximum Gasteiger partial charge on any atom is 0.266 e. The monoisotopic (exact) mass is 361 g/mol. The van der Waals surface area contributed by atoms with Gasteiger partial charge in [0.25, 0.3) is 5.91 Å². The molecular weight excluding hydrogens is 338 g/mol. The van der Waals surface area contributed by atoms with Crippen LogP contribution in [-0.4, -0.2) is 41.6 Å². The first kappa shape index (κ1) is 19.1. The van der Waals surface area contributed by atoms with Gasteiger partial charge < -0.3 is 10.1 Å². The second-order valence-electron chi connectivity index (χ2n) is 5.28. The van der Waals surface area contributed by atoms with Gasteiger partial charge in [0.15, 0.2) is 5.17 Å². The van der Waals surface area contributed by atoms with Crippen molar-refractivity contribution < 1.29 is 14.3 Å². The molecule has 0 bridgehead atoms. The number of hydrogen-bond donors (Lipinski definition) is 1. The van der Waals surface area contributed by atoms with E-state index in [1.54, 1.807) is 29.2 Å². The van der Waals surface area contributed by atoms with E-state index >= 15 is 0 Å². The molecule has 1 aliphatic rings. The average Bonchev–Trinajstić information content (AvgIpc) is 2.89. The summed E-state index contributed by atoms with van der Waals surface area (Å²) in [5, 5.41) is 3.40. The minimum atomic E-state index is -0.341. The summed E-state index contributed by atoms with van der Waals surface area (Å²) in [6.07, 6.45) is 2.27. The van der Waals surface area contributed by atoms with Gasteiger partial charge in [-0.3, -0.25) is 19.5 Å². The number of nitrogens with one attached hydrogen (secondary N) is 1. The summed E-state index contributed by atoms with van der Waals surface area (Å²) in [7, 11) is 0.